The van der Waals surface area contributed by atoms with E-state index in [1.807, 2.05) is 32.0 Å². The maximum atomic E-state index is 12.9. The predicted molar refractivity (Wildman–Crippen MR) is 98.1 cm³/mol. The Labute approximate surface area is 144 Å². The van der Waals surface area contributed by atoms with Crippen LogP contribution in [0.25, 0.3) is 0 Å². The highest BCUT2D eigenvalue weighted by molar-refractivity contribution is 7.89. The highest BCUT2D eigenvalue weighted by Gasteiger charge is 2.29. The van der Waals surface area contributed by atoms with E-state index in [0.29, 0.717) is 31.1 Å². The van der Waals surface area contributed by atoms with Gasteiger partial charge in [0.1, 0.15) is 0 Å². The van der Waals surface area contributed by atoms with Gasteiger partial charge in [0.2, 0.25) is 10.0 Å². The van der Waals surface area contributed by atoms with E-state index in [4.69, 9.17) is 0 Å². The predicted octanol–water partition coefficient (Wildman–Crippen LogP) is 3.12. The lowest BCUT2D eigenvalue weighted by Crippen LogP contribution is -2.48. The molecule has 0 spiro atoms. The van der Waals surface area contributed by atoms with Crippen LogP contribution in [-0.4, -0.2) is 38.9 Å². The smallest absolute Gasteiger partial charge is 0.243 e. The molecule has 0 aliphatic carbocycles. The Morgan fingerprint density at radius 1 is 0.833 bits per heavy atom. The second-order valence-electron chi connectivity index (χ2n) is 6.50. The number of anilines is 1. The monoisotopic (exact) mass is 344 g/mol. The number of sulfonamides is 1. The van der Waals surface area contributed by atoms with Crippen molar-refractivity contribution >= 4 is 15.7 Å². The minimum absolute atomic E-state index is 0.428. The number of aryl methyl sites for hydroxylation is 3. The third-order valence-electron chi connectivity index (χ3n) is 4.55. The summed E-state index contributed by atoms with van der Waals surface area (Å²) in [6.45, 7) is 8.38. The third-order valence-corrected chi connectivity index (χ3v) is 6.61. The van der Waals surface area contributed by atoms with Gasteiger partial charge in [0, 0.05) is 31.9 Å². The lowest BCUT2D eigenvalue weighted by molar-refractivity contribution is 0.384. The fourth-order valence-corrected chi connectivity index (χ4v) is 4.87. The van der Waals surface area contributed by atoms with Crippen LogP contribution < -0.4 is 4.90 Å². The van der Waals surface area contributed by atoms with E-state index in [0.717, 1.165) is 11.1 Å². The van der Waals surface area contributed by atoms with Crippen LogP contribution in [0.15, 0.2) is 47.4 Å². The van der Waals surface area contributed by atoms with E-state index >= 15 is 0 Å². The molecule has 0 amide bonds. The fourth-order valence-electron chi connectivity index (χ4n) is 3.24. The molecule has 1 aliphatic rings. The summed E-state index contributed by atoms with van der Waals surface area (Å²) in [4.78, 5) is 2.68. The largest absolute Gasteiger partial charge is 0.369 e. The zero-order valence-electron chi connectivity index (χ0n) is 14.5. The maximum absolute atomic E-state index is 12.9. The van der Waals surface area contributed by atoms with Gasteiger partial charge in [0.15, 0.2) is 0 Å². The number of piperazine rings is 1. The van der Waals surface area contributed by atoms with Crippen molar-refractivity contribution in [3.8, 4) is 0 Å². The third kappa shape index (κ3) is 3.32. The molecule has 0 unspecified atom stereocenters. The minimum atomic E-state index is -3.42. The van der Waals surface area contributed by atoms with Crippen LogP contribution in [0.5, 0.6) is 0 Å². The Balaban J connectivity index is 1.76. The highest BCUT2D eigenvalue weighted by atomic mass is 32.2. The standard InChI is InChI=1S/C19H24N2O2S/c1-15-5-4-6-18(14-15)20-9-11-21(12-10-20)24(22,23)19-8-7-16(2)13-17(19)3/h4-8,13-14H,9-12H2,1-3H3. The van der Waals surface area contributed by atoms with Gasteiger partial charge in [-0.3, -0.25) is 0 Å². The zero-order chi connectivity index (χ0) is 17.3. The van der Waals surface area contributed by atoms with Crippen molar-refractivity contribution < 1.29 is 8.42 Å². The summed E-state index contributed by atoms with van der Waals surface area (Å²) in [6, 6.07) is 13.9. The summed E-state index contributed by atoms with van der Waals surface area (Å²) in [7, 11) is -3.42. The van der Waals surface area contributed by atoms with Crippen molar-refractivity contribution in [2.45, 2.75) is 25.7 Å². The lowest BCUT2D eigenvalue weighted by atomic mass is 10.2. The molecule has 5 heteroatoms. The van der Waals surface area contributed by atoms with Crippen LogP contribution in [0.1, 0.15) is 16.7 Å². The van der Waals surface area contributed by atoms with Gasteiger partial charge in [-0.25, -0.2) is 8.42 Å². The van der Waals surface area contributed by atoms with Gasteiger partial charge in [-0.15, -0.1) is 0 Å². The summed E-state index contributed by atoms with van der Waals surface area (Å²) in [6.07, 6.45) is 0. The number of benzene rings is 2. The number of nitrogens with zero attached hydrogens (tertiary/aromatic N) is 2. The molecule has 3 rings (SSSR count). The second kappa shape index (κ2) is 6.57. The van der Waals surface area contributed by atoms with Gasteiger partial charge in [-0.2, -0.15) is 4.31 Å². The quantitative estimate of drug-likeness (QED) is 0.859. The van der Waals surface area contributed by atoms with E-state index in [9.17, 15) is 8.42 Å². The van der Waals surface area contributed by atoms with Crippen molar-refractivity contribution in [3.63, 3.8) is 0 Å². The van der Waals surface area contributed by atoms with Crippen LogP contribution in [0.2, 0.25) is 0 Å². The van der Waals surface area contributed by atoms with E-state index in [2.05, 4.69) is 30.0 Å². The molecule has 24 heavy (non-hydrogen) atoms. The van der Waals surface area contributed by atoms with Crippen LogP contribution >= 0.6 is 0 Å². The molecule has 1 saturated heterocycles. The molecule has 0 N–H and O–H groups in total. The van der Waals surface area contributed by atoms with Crippen LogP contribution in [0, 0.1) is 20.8 Å². The molecular formula is C19H24N2O2S. The van der Waals surface area contributed by atoms with Gasteiger partial charge in [-0.1, -0.05) is 29.8 Å². The maximum Gasteiger partial charge on any atom is 0.243 e. The van der Waals surface area contributed by atoms with E-state index < -0.39 is 10.0 Å². The average Bonchev–Trinajstić information content (AvgIpc) is 2.54. The molecule has 0 saturated carbocycles. The molecule has 0 aromatic heterocycles. The van der Waals surface area contributed by atoms with Gasteiger partial charge in [0.25, 0.3) is 0 Å². The first-order valence-electron chi connectivity index (χ1n) is 8.27. The molecule has 4 nitrogen and oxygen atoms in total. The van der Waals surface area contributed by atoms with Gasteiger partial charge >= 0.3 is 0 Å². The first kappa shape index (κ1) is 17.0. The normalized spacial score (nSPS) is 16.4. The number of hydrogen-bond donors (Lipinski definition) is 0. The Hall–Kier alpha value is -1.85. The first-order chi connectivity index (χ1) is 11.4. The minimum Gasteiger partial charge on any atom is -0.369 e. The highest BCUT2D eigenvalue weighted by Crippen LogP contribution is 2.24. The topological polar surface area (TPSA) is 40.6 Å². The summed E-state index contributed by atoms with van der Waals surface area (Å²) >= 11 is 0. The van der Waals surface area contributed by atoms with Crippen molar-refractivity contribution in [2.24, 2.45) is 0 Å². The lowest BCUT2D eigenvalue weighted by Gasteiger charge is -2.35. The van der Waals surface area contributed by atoms with Crippen LogP contribution in [-0.2, 0) is 10.0 Å². The molecule has 1 aliphatic heterocycles. The van der Waals surface area contributed by atoms with Crippen molar-refractivity contribution in [3.05, 3.63) is 59.2 Å². The molecule has 0 atom stereocenters. The van der Waals surface area contributed by atoms with Crippen molar-refractivity contribution in [1.29, 1.82) is 0 Å². The average molecular weight is 344 g/mol. The first-order valence-corrected chi connectivity index (χ1v) is 9.71. The number of hydrogen-bond acceptors (Lipinski definition) is 3. The molecule has 2 aromatic rings. The van der Waals surface area contributed by atoms with Gasteiger partial charge in [-0.05, 0) is 50.1 Å². The van der Waals surface area contributed by atoms with E-state index in [1.54, 1.807) is 10.4 Å². The molecule has 1 heterocycles. The zero-order valence-corrected chi connectivity index (χ0v) is 15.3. The van der Waals surface area contributed by atoms with Crippen molar-refractivity contribution in [2.75, 3.05) is 31.1 Å². The summed E-state index contributed by atoms with van der Waals surface area (Å²) in [5.41, 5.74) is 4.28. The summed E-state index contributed by atoms with van der Waals surface area (Å²) in [5, 5.41) is 0. The molecule has 128 valence electrons. The van der Waals surface area contributed by atoms with Gasteiger partial charge in [0.05, 0.1) is 4.90 Å². The summed E-state index contributed by atoms with van der Waals surface area (Å²) < 4.78 is 27.5. The second-order valence-corrected chi connectivity index (χ2v) is 8.41. The van der Waals surface area contributed by atoms with Gasteiger partial charge < -0.3 is 4.90 Å². The molecular weight excluding hydrogens is 320 g/mol. The Morgan fingerprint density at radius 2 is 1.50 bits per heavy atom. The Morgan fingerprint density at radius 3 is 2.12 bits per heavy atom. The summed E-state index contributed by atoms with van der Waals surface area (Å²) in [5.74, 6) is 0. The van der Waals surface area contributed by atoms with E-state index in [-0.39, 0.29) is 0 Å². The molecule has 0 radical (unpaired) electrons. The fraction of sp³-hybridized carbons (Fsp3) is 0.368. The Bertz CT molecular complexity index is 838. The molecule has 0 bridgehead atoms. The van der Waals surface area contributed by atoms with Crippen LogP contribution in [0.3, 0.4) is 0 Å². The number of rotatable bonds is 3. The Kier molecular flexibility index (Phi) is 4.65. The SMILES string of the molecule is Cc1cccc(N2CCN(S(=O)(=O)c3ccc(C)cc3C)CC2)c1. The molecule has 2 aromatic carbocycles. The van der Waals surface area contributed by atoms with Crippen molar-refractivity contribution in [1.82, 2.24) is 4.31 Å². The van der Waals surface area contributed by atoms with E-state index in [1.165, 1.54) is 11.3 Å². The van der Waals surface area contributed by atoms with Crippen LogP contribution in [0.4, 0.5) is 5.69 Å². The molecule has 1 fully saturated rings.